The summed E-state index contributed by atoms with van der Waals surface area (Å²) in [6, 6.07) is 5.62. The normalized spacial score (nSPS) is 23.6. The standard InChI is InChI=1S/C14H24N2S/c1-12(14-8-6-10-17-14)16(2)11-13-7-4-3-5-9-15-13/h6,8,10,12-13,15H,3-5,7,9,11H2,1-2H3. The van der Waals surface area contributed by atoms with Gasteiger partial charge in [-0.1, -0.05) is 18.9 Å². The van der Waals surface area contributed by atoms with Crippen molar-refractivity contribution in [2.24, 2.45) is 0 Å². The summed E-state index contributed by atoms with van der Waals surface area (Å²) in [5.41, 5.74) is 0. The first-order chi connectivity index (χ1) is 8.27. The summed E-state index contributed by atoms with van der Waals surface area (Å²) in [5.74, 6) is 0. The van der Waals surface area contributed by atoms with E-state index in [9.17, 15) is 0 Å². The maximum Gasteiger partial charge on any atom is 0.0410 e. The number of nitrogens with one attached hydrogen (secondary N) is 1. The summed E-state index contributed by atoms with van der Waals surface area (Å²) in [4.78, 5) is 3.95. The Morgan fingerprint density at radius 2 is 2.35 bits per heavy atom. The minimum absolute atomic E-state index is 0.542. The minimum Gasteiger partial charge on any atom is -0.313 e. The van der Waals surface area contributed by atoms with Gasteiger partial charge in [0.15, 0.2) is 0 Å². The lowest BCUT2D eigenvalue weighted by atomic mass is 10.1. The summed E-state index contributed by atoms with van der Waals surface area (Å²) in [5, 5.41) is 5.84. The van der Waals surface area contributed by atoms with Gasteiger partial charge in [0, 0.05) is 23.5 Å². The van der Waals surface area contributed by atoms with Gasteiger partial charge in [-0.05, 0) is 44.8 Å². The van der Waals surface area contributed by atoms with Gasteiger partial charge in [0.25, 0.3) is 0 Å². The van der Waals surface area contributed by atoms with Crippen molar-refractivity contribution >= 4 is 11.3 Å². The van der Waals surface area contributed by atoms with Crippen LogP contribution in [0.1, 0.15) is 43.5 Å². The van der Waals surface area contributed by atoms with Crippen LogP contribution in [0, 0.1) is 0 Å². The highest BCUT2D eigenvalue weighted by molar-refractivity contribution is 7.10. The quantitative estimate of drug-likeness (QED) is 0.885. The number of nitrogens with zero attached hydrogens (tertiary/aromatic N) is 1. The zero-order valence-electron chi connectivity index (χ0n) is 11.0. The van der Waals surface area contributed by atoms with E-state index in [-0.39, 0.29) is 0 Å². The third-order valence-corrected chi connectivity index (χ3v) is 4.83. The Kier molecular flexibility index (Phi) is 5.01. The average Bonchev–Trinajstić information content (AvgIpc) is 2.74. The van der Waals surface area contributed by atoms with Gasteiger partial charge in [0.1, 0.15) is 0 Å². The molecule has 0 radical (unpaired) electrons. The lowest BCUT2D eigenvalue weighted by molar-refractivity contribution is 0.231. The Morgan fingerprint density at radius 1 is 1.47 bits per heavy atom. The number of hydrogen-bond donors (Lipinski definition) is 1. The van der Waals surface area contributed by atoms with E-state index in [4.69, 9.17) is 0 Å². The van der Waals surface area contributed by atoms with Gasteiger partial charge in [-0.3, -0.25) is 4.90 Å². The highest BCUT2D eigenvalue weighted by Gasteiger charge is 2.18. The fourth-order valence-electron chi connectivity index (χ4n) is 2.51. The van der Waals surface area contributed by atoms with Gasteiger partial charge in [-0.2, -0.15) is 0 Å². The largest absolute Gasteiger partial charge is 0.313 e. The molecule has 0 aromatic carbocycles. The van der Waals surface area contributed by atoms with Gasteiger partial charge < -0.3 is 5.32 Å². The van der Waals surface area contributed by atoms with Crippen LogP contribution < -0.4 is 5.32 Å². The van der Waals surface area contributed by atoms with E-state index in [1.807, 2.05) is 11.3 Å². The molecule has 2 unspecified atom stereocenters. The summed E-state index contributed by atoms with van der Waals surface area (Å²) in [7, 11) is 2.25. The molecule has 0 spiro atoms. The maximum absolute atomic E-state index is 3.67. The van der Waals surface area contributed by atoms with Crippen LogP contribution in [-0.4, -0.2) is 31.1 Å². The highest BCUT2D eigenvalue weighted by Crippen LogP contribution is 2.24. The van der Waals surface area contributed by atoms with E-state index in [0.717, 1.165) is 0 Å². The molecule has 0 saturated carbocycles. The van der Waals surface area contributed by atoms with Crippen molar-refractivity contribution in [3.8, 4) is 0 Å². The summed E-state index contributed by atoms with van der Waals surface area (Å²) in [6.07, 6.45) is 5.47. The Bertz CT molecular complexity index is 302. The zero-order valence-corrected chi connectivity index (χ0v) is 11.8. The molecule has 96 valence electrons. The topological polar surface area (TPSA) is 15.3 Å². The Morgan fingerprint density at radius 3 is 3.12 bits per heavy atom. The molecule has 17 heavy (non-hydrogen) atoms. The molecule has 1 aromatic rings. The van der Waals surface area contributed by atoms with E-state index in [1.54, 1.807) is 0 Å². The Hall–Kier alpha value is -0.380. The average molecular weight is 252 g/mol. The van der Waals surface area contributed by atoms with Crippen LogP contribution in [0.25, 0.3) is 0 Å². The van der Waals surface area contributed by atoms with Gasteiger partial charge in [0.2, 0.25) is 0 Å². The molecular weight excluding hydrogens is 228 g/mol. The zero-order chi connectivity index (χ0) is 12.1. The van der Waals surface area contributed by atoms with Crippen LogP contribution in [-0.2, 0) is 0 Å². The third-order valence-electron chi connectivity index (χ3n) is 3.79. The van der Waals surface area contributed by atoms with Crippen LogP contribution in [0.15, 0.2) is 17.5 Å². The van der Waals surface area contributed by atoms with Crippen molar-refractivity contribution in [1.82, 2.24) is 10.2 Å². The van der Waals surface area contributed by atoms with Gasteiger partial charge in [-0.25, -0.2) is 0 Å². The molecule has 2 nitrogen and oxygen atoms in total. The molecule has 2 rings (SSSR count). The van der Waals surface area contributed by atoms with E-state index in [0.29, 0.717) is 12.1 Å². The molecule has 1 aromatic heterocycles. The molecule has 1 aliphatic rings. The molecule has 0 amide bonds. The molecule has 1 fully saturated rings. The van der Waals surface area contributed by atoms with Crippen LogP contribution in [0.2, 0.25) is 0 Å². The lowest BCUT2D eigenvalue weighted by Crippen LogP contribution is -2.39. The summed E-state index contributed by atoms with van der Waals surface area (Å²) < 4.78 is 0. The molecule has 2 heterocycles. The monoisotopic (exact) mass is 252 g/mol. The highest BCUT2D eigenvalue weighted by atomic mass is 32.1. The molecule has 3 heteroatoms. The number of rotatable bonds is 4. The second-order valence-corrected chi connectivity index (χ2v) is 6.11. The number of hydrogen-bond acceptors (Lipinski definition) is 3. The maximum atomic E-state index is 3.67. The van der Waals surface area contributed by atoms with Crippen molar-refractivity contribution in [3.63, 3.8) is 0 Å². The van der Waals surface area contributed by atoms with Gasteiger partial charge >= 0.3 is 0 Å². The van der Waals surface area contributed by atoms with Gasteiger partial charge in [0.05, 0.1) is 0 Å². The first-order valence-corrected chi connectivity index (χ1v) is 7.62. The molecule has 2 atom stereocenters. The second-order valence-electron chi connectivity index (χ2n) is 5.13. The predicted molar refractivity (Wildman–Crippen MR) is 75.6 cm³/mol. The summed E-state index contributed by atoms with van der Waals surface area (Å²) >= 11 is 1.86. The number of likely N-dealkylation sites (N-methyl/N-ethyl adjacent to an activating group) is 1. The number of thiophene rings is 1. The van der Waals surface area contributed by atoms with E-state index >= 15 is 0 Å². The Labute approximate surface area is 109 Å². The van der Waals surface area contributed by atoms with Gasteiger partial charge in [-0.15, -0.1) is 11.3 Å². The molecule has 1 saturated heterocycles. The summed E-state index contributed by atoms with van der Waals surface area (Å²) in [6.45, 7) is 4.67. The minimum atomic E-state index is 0.542. The molecule has 0 bridgehead atoms. The van der Waals surface area contributed by atoms with Crippen molar-refractivity contribution in [3.05, 3.63) is 22.4 Å². The predicted octanol–water partition coefficient (Wildman–Crippen LogP) is 3.27. The molecular formula is C14H24N2S. The van der Waals surface area contributed by atoms with Crippen molar-refractivity contribution in [1.29, 1.82) is 0 Å². The first kappa shape index (κ1) is 13.1. The van der Waals surface area contributed by atoms with Crippen molar-refractivity contribution < 1.29 is 0 Å². The Balaban J connectivity index is 1.85. The van der Waals surface area contributed by atoms with Crippen LogP contribution in [0.5, 0.6) is 0 Å². The fourth-order valence-corrected chi connectivity index (χ4v) is 3.36. The molecule has 1 aliphatic heterocycles. The van der Waals surface area contributed by atoms with Crippen molar-refractivity contribution in [2.45, 2.75) is 44.7 Å². The second kappa shape index (κ2) is 6.53. The smallest absolute Gasteiger partial charge is 0.0410 e. The molecule has 0 aliphatic carbocycles. The van der Waals surface area contributed by atoms with E-state index < -0.39 is 0 Å². The molecule has 1 N–H and O–H groups in total. The van der Waals surface area contributed by atoms with Crippen LogP contribution >= 0.6 is 11.3 Å². The van der Waals surface area contributed by atoms with Crippen molar-refractivity contribution in [2.75, 3.05) is 20.1 Å². The van der Waals surface area contributed by atoms with Crippen LogP contribution in [0.4, 0.5) is 0 Å². The fraction of sp³-hybridized carbons (Fsp3) is 0.714. The van der Waals surface area contributed by atoms with Crippen LogP contribution in [0.3, 0.4) is 0 Å². The third kappa shape index (κ3) is 3.80. The van der Waals surface area contributed by atoms with E-state index in [2.05, 4.69) is 41.7 Å². The SMILES string of the molecule is CC(c1cccs1)N(C)CC1CCCCCN1. The lowest BCUT2D eigenvalue weighted by Gasteiger charge is -2.28. The van der Waals surface area contributed by atoms with E-state index in [1.165, 1.54) is 43.6 Å². The first-order valence-electron chi connectivity index (χ1n) is 6.74.